The number of thiophene rings is 1. The lowest BCUT2D eigenvalue weighted by Crippen LogP contribution is -2.49. The summed E-state index contributed by atoms with van der Waals surface area (Å²) < 4.78 is 5.51. The maximum Gasteiger partial charge on any atom is 0.171 e. The molecule has 4 nitrogen and oxygen atoms in total. The van der Waals surface area contributed by atoms with E-state index in [1.807, 2.05) is 24.3 Å². The number of hydrogen-bond donors (Lipinski definition) is 2. The summed E-state index contributed by atoms with van der Waals surface area (Å²) in [7, 11) is 0. The third-order valence-electron chi connectivity index (χ3n) is 4.19. The highest BCUT2D eigenvalue weighted by atomic mass is 35.5. The van der Waals surface area contributed by atoms with Gasteiger partial charge in [0.05, 0.1) is 19.3 Å². The Balaban J connectivity index is 1.67. The van der Waals surface area contributed by atoms with Gasteiger partial charge in [-0.3, -0.25) is 4.90 Å². The minimum Gasteiger partial charge on any atom is -0.379 e. The third kappa shape index (κ3) is 5.15. The van der Waals surface area contributed by atoms with Gasteiger partial charge in [-0.1, -0.05) is 23.7 Å². The molecule has 0 bridgehead atoms. The highest BCUT2D eigenvalue weighted by Gasteiger charge is 2.28. The van der Waals surface area contributed by atoms with Crippen molar-refractivity contribution in [3.8, 4) is 0 Å². The Morgan fingerprint density at radius 3 is 2.76 bits per heavy atom. The number of anilines is 1. The third-order valence-corrected chi connectivity index (χ3v) is 5.59. The van der Waals surface area contributed by atoms with Crippen molar-refractivity contribution in [3.05, 3.63) is 51.7 Å². The van der Waals surface area contributed by atoms with Crippen LogP contribution in [0.1, 0.15) is 17.8 Å². The van der Waals surface area contributed by atoms with E-state index in [4.69, 9.17) is 28.6 Å². The lowest BCUT2D eigenvalue weighted by atomic mass is 10.1. The largest absolute Gasteiger partial charge is 0.379 e. The van der Waals surface area contributed by atoms with Gasteiger partial charge in [-0.05, 0) is 48.8 Å². The molecule has 1 aromatic heterocycles. The zero-order valence-electron chi connectivity index (χ0n) is 14.1. The van der Waals surface area contributed by atoms with Gasteiger partial charge in [-0.2, -0.15) is 0 Å². The second kappa shape index (κ2) is 8.96. The summed E-state index contributed by atoms with van der Waals surface area (Å²) in [5, 5.41) is 10.1. The quantitative estimate of drug-likeness (QED) is 0.744. The van der Waals surface area contributed by atoms with Crippen LogP contribution in [-0.4, -0.2) is 42.4 Å². The summed E-state index contributed by atoms with van der Waals surface area (Å²) in [5.41, 5.74) is 0.885. The Kier molecular flexibility index (Phi) is 6.67. The zero-order chi connectivity index (χ0) is 17.6. The molecular weight excluding hydrogens is 374 g/mol. The van der Waals surface area contributed by atoms with Crippen LogP contribution < -0.4 is 10.6 Å². The van der Waals surface area contributed by atoms with Crippen LogP contribution in [0, 0.1) is 0 Å². The maximum absolute atomic E-state index is 6.03. The number of morpholine rings is 1. The number of ether oxygens (including phenoxy) is 1. The second-order valence-electron chi connectivity index (χ2n) is 6.01. The molecule has 25 heavy (non-hydrogen) atoms. The van der Waals surface area contributed by atoms with E-state index >= 15 is 0 Å². The minimum atomic E-state index is 0.163. The molecule has 134 valence electrons. The van der Waals surface area contributed by atoms with Crippen LogP contribution in [0.5, 0.6) is 0 Å². The number of nitrogens with one attached hydrogen (secondary N) is 2. The van der Waals surface area contributed by atoms with Crippen LogP contribution in [-0.2, 0) is 4.74 Å². The molecule has 7 heteroatoms. The Morgan fingerprint density at radius 2 is 2.08 bits per heavy atom. The van der Waals surface area contributed by atoms with E-state index in [1.165, 1.54) is 4.88 Å². The van der Waals surface area contributed by atoms with Crippen LogP contribution in [0.15, 0.2) is 41.8 Å². The van der Waals surface area contributed by atoms with Crippen LogP contribution in [0.2, 0.25) is 5.02 Å². The summed E-state index contributed by atoms with van der Waals surface area (Å²) in [5.74, 6) is 0. The van der Waals surface area contributed by atoms with E-state index in [-0.39, 0.29) is 12.1 Å². The second-order valence-corrected chi connectivity index (χ2v) is 7.83. The van der Waals surface area contributed by atoms with E-state index in [0.717, 1.165) is 32.0 Å². The Labute approximate surface area is 163 Å². The van der Waals surface area contributed by atoms with Crippen LogP contribution in [0.4, 0.5) is 5.69 Å². The molecule has 0 unspecified atom stereocenters. The topological polar surface area (TPSA) is 36.5 Å². The van der Waals surface area contributed by atoms with E-state index in [0.29, 0.717) is 10.1 Å². The van der Waals surface area contributed by atoms with Crippen molar-refractivity contribution in [2.45, 2.75) is 19.0 Å². The molecule has 2 heterocycles. The van der Waals surface area contributed by atoms with Crippen molar-refractivity contribution < 1.29 is 4.74 Å². The number of rotatable bonds is 5. The van der Waals surface area contributed by atoms with Gasteiger partial charge in [0, 0.05) is 34.7 Å². The van der Waals surface area contributed by atoms with Gasteiger partial charge in [-0.15, -0.1) is 11.3 Å². The molecule has 1 aliphatic heterocycles. The normalized spacial score (nSPS) is 17.7. The van der Waals surface area contributed by atoms with Gasteiger partial charge in [0.1, 0.15) is 0 Å². The molecule has 1 aromatic carbocycles. The van der Waals surface area contributed by atoms with Crippen molar-refractivity contribution in [1.82, 2.24) is 10.2 Å². The van der Waals surface area contributed by atoms with Gasteiger partial charge >= 0.3 is 0 Å². The molecular formula is C18H22ClN3OS2. The lowest BCUT2D eigenvalue weighted by Gasteiger charge is -2.38. The Hall–Kier alpha value is -1.18. The first-order valence-corrected chi connectivity index (χ1v) is 9.98. The molecule has 0 amide bonds. The van der Waals surface area contributed by atoms with E-state index in [1.54, 1.807) is 11.3 Å². The van der Waals surface area contributed by atoms with E-state index < -0.39 is 0 Å². The highest BCUT2D eigenvalue weighted by molar-refractivity contribution is 7.80. The molecule has 2 aromatic rings. The van der Waals surface area contributed by atoms with E-state index in [9.17, 15) is 0 Å². The summed E-state index contributed by atoms with van der Waals surface area (Å²) in [6.07, 6.45) is 0. The fourth-order valence-electron chi connectivity index (χ4n) is 3.08. The van der Waals surface area contributed by atoms with Gasteiger partial charge in [0.2, 0.25) is 0 Å². The van der Waals surface area contributed by atoms with Crippen LogP contribution >= 0.6 is 35.2 Å². The molecule has 3 rings (SSSR count). The molecule has 0 radical (unpaired) electrons. The standard InChI is InChI=1S/C18H22ClN3OS2/c1-13(20-18(24)21-15-5-2-4-14(19)12-15)17(16-6-3-11-25-16)22-7-9-23-10-8-22/h2-6,11-13,17H,7-10H2,1H3,(H2,20,21,24)/t13-,17+/m1/s1. The Morgan fingerprint density at radius 1 is 1.28 bits per heavy atom. The van der Waals surface area contributed by atoms with Gasteiger partial charge < -0.3 is 15.4 Å². The monoisotopic (exact) mass is 395 g/mol. The average Bonchev–Trinajstić information content (AvgIpc) is 3.10. The lowest BCUT2D eigenvalue weighted by molar-refractivity contribution is 0.0110. The molecule has 1 aliphatic rings. The maximum atomic E-state index is 6.03. The summed E-state index contributed by atoms with van der Waals surface area (Å²) >= 11 is 13.3. The zero-order valence-corrected chi connectivity index (χ0v) is 16.5. The number of hydrogen-bond acceptors (Lipinski definition) is 4. The van der Waals surface area contributed by atoms with Gasteiger partial charge in [0.25, 0.3) is 0 Å². The van der Waals surface area contributed by atoms with Crippen molar-refractivity contribution in [2.75, 3.05) is 31.6 Å². The van der Waals surface area contributed by atoms with Crippen molar-refractivity contribution >= 4 is 46.0 Å². The van der Waals surface area contributed by atoms with Gasteiger partial charge in [0.15, 0.2) is 5.11 Å². The highest BCUT2D eigenvalue weighted by Crippen LogP contribution is 2.29. The van der Waals surface area contributed by atoms with Gasteiger partial charge in [-0.25, -0.2) is 0 Å². The molecule has 0 spiro atoms. The van der Waals surface area contributed by atoms with Crippen molar-refractivity contribution in [2.24, 2.45) is 0 Å². The smallest absolute Gasteiger partial charge is 0.171 e. The fourth-order valence-corrected chi connectivity index (χ4v) is 4.53. The van der Waals surface area contributed by atoms with E-state index in [2.05, 4.69) is 40.0 Å². The number of benzene rings is 1. The molecule has 2 atom stereocenters. The van der Waals surface area contributed by atoms with Crippen molar-refractivity contribution in [1.29, 1.82) is 0 Å². The number of nitrogens with zero attached hydrogens (tertiary/aromatic N) is 1. The fraction of sp³-hybridized carbons (Fsp3) is 0.389. The molecule has 0 saturated carbocycles. The average molecular weight is 396 g/mol. The summed E-state index contributed by atoms with van der Waals surface area (Å²) in [6, 6.07) is 12.3. The molecule has 0 aliphatic carbocycles. The van der Waals surface area contributed by atoms with Crippen LogP contribution in [0.3, 0.4) is 0 Å². The first-order chi connectivity index (χ1) is 12.1. The molecule has 1 saturated heterocycles. The molecule has 2 N–H and O–H groups in total. The predicted octanol–water partition coefficient (Wildman–Crippen LogP) is 4.15. The SMILES string of the molecule is C[C@@H](NC(=S)Nc1cccc(Cl)c1)[C@@H](c1cccs1)N1CCOCC1. The first-order valence-electron chi connectivity index (χ1n) is 8.32. The first kappa shape index (κ1) is 18.6. The molecule has 1 fully saturated rings. The van der Waals surface area contributed by atoms with Crippen molar-refractivity contribution in [3.63, 3.8) is 0 Å². The minimum absolute atomic E-state index is 0.163. The summed E-state index contributed by atoms with van der Waals surface area (Å²) in [4.78, 5) is 3.81. The Bertz CT molecular complexity index is 689. The number of halogens is 1. The van der Waals surface area contributed by atoms with Crippen LogP contribution in [0.25, 0.3) is 0 Å². The number of thiocarbonyl (C=S) groups is 1. The summed E-state index contributed by atoms with van der Waals surface area (Å²) in [6.45, 7) is 5.59. The predicted molar refractivity (Wildman–Crippen MR) is 110 cm³/mol.